The monoisotopic (exact) mass is 341 g/mol. The summed E-state index contributed by atoms with van der Waals surface area (Å²) in [5.74, 6) is 3.01. The molecule has 8 atom stereocenters. The van der Waals surface area contributed by atoms with Crippen molar-refractivity contribution in [2.45, 2.75) is 57.9 Å². The highest BCUT2D eigenvalue weighted by Gasteiger charge is 2.81. The van der Waals surface area contributed by atoms with E-state index >= 15 is 0 Å². The fraction of sp³-hybridized carbons (Fsp3) is 0.864. The second kappa shape index (κ2) is 4.42. The molecule has 3 nitrogen and oxygen atoms in total. The fourth-order valence-electron chi connectivity index (χ4n) is 9.88. The van der Waals surface area contributed by atoms with E-state index in [2.05, 4.69) is 18.4 Å². The van der Waals surface area contributed by atoms with Crippen LogP contribution in [0, 0.1) is 39.9 Å². The second-order valence-corrected chi connectivity index (χ2v) is 10.7. The molecule has 0 aromatic carbocycles. The summed E-state index contributed by atoms with van der Waals surface area (Å²) >= 11 is 0. The Morgan fingerprint density at radius 1 is 1.28 bits per heavy atom. The molecule has 2 spiro atoms. The van der Waals surface area contributed by atoms with Crippen LogP contribution in [0.2, 0.25) is 0 Å². The number of hydrogen-bond acceptors (Lipinski definition) is 3. The molecule has 3 heteroatoms. The van der Waals surface area contributed by atoms with Gasteiger partial charge in [-0.1, -0.05) is 25.5 Å². The molecule has 6 bridgehead atoms. The molecular weight excluding hydrogens is 310 g/mol. The molecule has 136 valence electrons. The van der Waals surface area contributed by atoms with E-state index in [0.717, 1.165) is 31.8 Å². The van der Waals surface area contributed by atoms with Crippen LogP contribution < -0.4 is 0 Å². The lowest BCUT2D eigenvalue weighted by Gasteiger charge is -2.66. The van der Waals surface area contributed by atoms with Crippen molar-refractivity contribution in [1.29, 1.82) is 0 Å². The number of carbonyl (C=O) groups is 1. The minimum atomic E-state index is 0.135. The van der Waals surface area contributed by atoms with E-state index in [9.17, 15) is 9.90 Å². The summed E-state index contributed by atoms with van der Waals surface area (Å²) in [6.07, 6.45) is 8.27. The average Bonchev–Trinajstić information content (AvgIpc) is 2.64. The number of piperidine rings is 1. The van der Waals surface area contributed by atoms with E-state index in [0.29, 0.717) is 29.6 Å². The number of aliphatic hydroxyl groups excluding tert-OH is 1. The van der Waals surface area contributed by atoms with Crippen molar-refractivity contribution in [3.63, 3.8) is 0 Å². The Hall–Kier alpha value is -0.670. The summed E-state index contributed by atoms with van der Waals surface area (Å²) in [5.41, 5.74) is 2.02. The third kappa shape index (κ3) is 1.46. The van der Waals surface area contributed by atoms with Crippen molar-refractivity contribution in [1.82, 2.24) is 4.90 Å². The third-order valence-electron chi connectivity index (χ3n) is 9.97. The Morgan fingerprint density at radius 2 is 2.12 bits per heavy atom. The first-order valence-corrected chi connectivity index (χ1v) is 10.5. The van der Waals surface area contributed by atoms with Gasteiger partial charge in [0.05, 0.1) is 6.61 Å². The molecule has 1 N–H and O–H groups in total. The van der Waals surface area contributed by atoms with Gasteiger partial charge in [-0.05, 0) is 66.1 Å². The number of carbonyl (C=O) groups excluding carboxylic acids is 1. The van der Waals surface area contributed by atoms with Gasteiger partial charge in [0.15, 0.2) is 0 Å². The van der Waals surface area contributed by atoms with Crippen molar-refractivity contribution in [2.75, 3.05) is 19.7 Å². The Kier molecular flexibility index (Phi) is 2.72. The summed E-state index contributed by atoms with van der Waals surface area (Å²) in [6, 6.07) is 0.549. The fourth-order valence-corrected chi connectivity index (χ4v) is 9.88. The quantitative estimate of drug-likeness (QED) is 0.785. The number of rotatable bonds is 2. The zero-order valence-electron chi connectivity index (χ0n) is 15.5. The van der Waals surface area contributed by atoms with Crippen LogP contribution >= 0.6 is 0 Å². The number of ketones is 1. The molecule has 0 radical (unpaired) electrons. The molecule has 8 unspecified atom stereocenters. The van der Waals surface area contributed by atoms with E-state index < -0.39 is 0 Å². The van der Waals surface area contributed by atoms with Crippen LogP contribution in [0.4, 0.5) is 0 Å². The number of aliphatic hydroxyl groups is 1. The van der Waals surface area contributed by atoms with Crippen LogP contribution in [0.5, 0.6) is 0 Å². The highest BCUT2D eigenvalue weighted by Crippen LogP contribution is 2.82. The van der Waals surface area contributed by atoms with Gasteiger partial charge in [-0.15, -0.1) is 0 Å². The van der Waals surface area contributed by atoms with E-state index in [1.807, 2.05) is 0 Å². The molecule has 7 rings (SSSR count). The van der Waals surface area contributed by atoms with Gasteiger partial charge in [0, 0.05) is 31.5 Å². The number of Topliss-reactive ketones (excluding diaryl/α,β-unsaturated/α-hetero) is 1. The van der Waals surface area contributed by atoms with Crippen molar-refractivity contribution in [3.8, 4) is 0 Å². The van der Waals surface area contributed by atoms with Gasteiger partial charge >= 0.3 is 0 Å². The lowest BCUT2D eigenvalue weighted by molar-refractivity contribution is -0.188. The number of β-amino-alcohol motifs (C(OH)–C–C–N with tert-alkyl or cyclic N) is 1. The van der Waals surface area contributed by atoms with Crippen molar-refractivity contribution in [2.24, 2.45) is 39.9 Å². The molecule has 0 aromatic heterocycles. The first-order chi connectivity index (χ1) is 12.0. The van der Waals surface area contributed by atoms with E-state index in [-0.39, 0.29) is 22.9 Å². The van der Waals surface area contributed by atoms with Crippen LogP contribution in [0.15, 0.2) is 12.2 Å². The molecule has 1 aliphatic heterocycles. The lowest BCUT2D eigenvalue weighted by atomic mass is 9.40. The molecule has 7 fully saturated rings. The van der Waals surface area contributed by atoms with Gasteiger partial charge in [-0.25, -0.2) is 0 Å². The van der Waals surface area contributed by atoms with Gasteiger partial charge < -0.3 is 5.11 Å². The molecule has 25 heavy (non-hydrogen) atoms. The van der Waals surface area contributed by atoms with Crippen LogP contribution in [-0.2, 0) is 4.79 Å². The Balaban J connectivity index is 1.60. The van der Waals surface area contributed by atoms with Crippen LogP contribution in [0.3, 0.4) is 0 Å². The minimum Gasteiger partial charge on any atom is -0.395 e. The molecular formula is C22H31NO2. The zero-order valence-corrected chi connectivity index (χ0v) is 15.5. The van der Waals surface area contributed by atoms with E-state index in [1.54, 1.807) is 0 Å². The van der Waals surface area contributed by atoms with Crippen molar-refractivity contribution in [3.05, 3.63) is 12.2 Å². The lowest BCUT2D eigenvalue weighted by Crippen LogP contribution is -2.69. The van der Waals surface area contributed by atoms with Gasteiger partial charge in [-0.3, -0.25) is 9.69 Å². The smallest absolute Gasteiger partial charge is 0.137 e. The second-order valence-electron chi connectivity index (χ2n) is 10.7. The molecule has 6 saturated carbocycles. The predicted octanol–water partition coefficient (Wildman–Crippen LogP) is 3.03. The highest BCUT2D eigenvalue weighted by atomic mass is 16.3. The highest BCUT2D eigenvalue weighted by molar-refractivity contribution is 5.86. The minimum absolute atomic E-state index is 0.135. The number of allylic oxidation sites excluding steroid dienone is 1. The SMILES string of the molecule is C=C1CC23CC(=O)C4C5(C)CCCC46C(C2CC1CC36)N(CCO)C5. The van der Waals surface area contributed by atoms with Crippen LogP contribution in [-0.4, -0.2) is 41.5 Å². The molecule has 1 heterocycles. The van der Waals surface area contributed by atoms with Crippen molar-refractivity contribution < 1.29 is 9.90 Å². The standard InChI is InChI=1S/C22H31NO2/c1-13-10-21-11-16(25)18-20(2)4-3-5-22(18)17(21)9-14(13)8-15(21)19(22)23(12-20)6-7-24/h14-15,17-19,24H,1,3-12H2,2H3. The van der Waals surface area contributed by atoms with E-state index in [1.165, 1.54) is 37.7 Å². The van der Waals surface area contributed by atoms with Gasteiger partial charge in [0.25, 0.3) is 0 Å². The number of fused-ring (bicyclic) bond motifs is 1. The first-order valence-electron chi connectivity index (χ1n) is 10.5. The Labute approximate surface area is 150 Å². The number of nitrogens with zero attached hydrogens (tertiary/aromatic N) is 1. The third-order valence-corrected chi connectivity index (χ3v) is 9.97. The van der Waals surface area contributed by atoms with Crippen LogP contribution in [0.25, 0.3) is 0 Å². The van der Waals surface area contributed by atoms with Crippen LogP contribution in [0.1, 0.15) is 51.9 Å². The molecule has 0 amide bonds. The normalized spacial score (nSPS) is 58.7. The summed E-state index contributed by atoms with van der Waals surface area (Å²) < 4.78 is 0. The summed E-state index contributed by atoms with van der Waals surface area (Å²) in [7, 11) is 0. The summed E-state index contributed by atoms with van der Waals surface area (Å²) in [6.45, 7) is 8.91. The topological polar surface area (TPSA) is 40.5 Å². The largest absolute Gasteiger partial charge is 0.395 e. The molecule has 7 aliphatic rings. The summed E-state index contributed by atoms with van der Waals surface area (Å²) in [5, 5.41) is 9.77. The molecule has 0 aromatic rings. The van der Waals surface area contributed by atoms with E-state index in [4.69, 9.17) is 0 Å². The Bertz CT molecular complexity index is 688. The van der Waals surface area contributed by atoms with Crippen molar-refractivity contribution >= 4 is 5.78 Å². The maximum absolute atomic E-state index is 13.6. The Morgan fingerprint density at radius 3 is 2.92 bits per heavy atom. The number of likely N-dealkylation sites (tertiary alicyclic amines) is 1. The van der Waals surface area contributed by atoms with Gasteiger partial charge in [-0.2, -0.15) is 0 Å². The molecule has 6 aliphatic carbocycles. The molecule has 1 saturated heterocycles. The zero-order chi connectivity index (χ0) is 17.2. The van der Waals surface area contributed by atoms with Gasteiger partial charge in [0.1, 0.15) is 5.78 Å². The number of hydrogen-bond donors (Lipinski definition) is 1. The predicted molar refractivity (Wildman–Crippen MR) is 95.8 cm³/mol. The van der Waals surface area contributed by atoms with Gasteiger partial charge in [0.2, 0.25) is 0 Å². The maximum atomic E-state index is 13.6. The first kappa shape index (κ1) is 15.4. The maximum Gasteiger partial charge on any atom is 0.137 e. The summed E-state index contributed by atoms with van der Waals surface area (Å²) in [4.78, 5) is 16.2. The average molecular weight is 341 g/mol.